The van der Waals surface area contributed by atoms with Crippen LogP contribution < -0.4 is 0 Å². The lowest BCUT2D eigenvalue weighted by atomic mass is 10.1. The van der Waals surface area contributed by atoms with Crippen LogP contribution in [-0.4, -0.2) is 47.2 Å². The molecule has 2 unspecified atom stereocenters. The van der Waals surface area contributed by atoms with E-state index in [9.17, 15) is 14.4 Å². The van der Waals surface area contributed by atoms with Crippen molar-refractivity contribution in [3.05, 3.63) is 11.1 Å². The van der Waals surface area contributed by atoms with Crippen LogP contribution in [0.3, 0.4) is 0 Å². The van der Waals surface area contributed by atoms with E-state index in [4.69, 9.17) is 0 Å². The first-order valence-corrected chi connectivity index (χ1v) is 7.30. The SMILES string of the molecule is CC1=C(C)C(=O)N(CCC(=O)N2CCC3CC3C2)C1=O. The highest BCUT2D eigenvalue weighted by Gasteiger charge is 2.42. The Balaban J connectivity index is 1.53. The van der Waals surface area contributed by atoms with E-state index in [1.807, 2.05) is 4.90 Å². The highest BCUT2D eigenvalue weighted by molar-refractivity contribution is 6.18. The van der Waals surface area contributed by atoms with Gasteiger partial charge in [-0.15, -0.1) is 0 Å². The third-order valence-corrected chi connectivity index (χ3v) is 4.89. The van der Waals surface area contributed by atoms with Gasteiger partial charge in [-0.3, -0.25) is 19.3 Å². The van der Waals surface area contributed by atoms with Gasteiger partial charge in [0.15, 0.2) is 0 Å². The molecule has 0 aromatic rings. The predicted molar refractivity (Wildman–Crippen MR) is 72.5 cm³/mol. The molecule has 0 N–H and O–H groups in total. The van der Waals surface area contributed by atoms with Gasteiger partial charge in [0.2, 0.25) is 5.91 Å². The van der Waals surface area contributed by atoms with Gasteiger partial charge >= 0.3 is 0 Å². The summed E-state index contributed by atoms with van der Waals surface area (Å²) in [5.74, 6) is 1.12. The molecule has 0 bridgehead atoms. The lowest BCUT2D eigenvalue weighted by molar-refractivity contribution is -0.139. The summed E-state index contributed by atoms with van der Waals surface area (Å²) in [4.78, 5) is 39.0. The van der Waals surface area contributed by atoms with Crippen LogP contribution in [0.5, 0.6) is 0 Å². The molecule has 1 aliphatic carbocycles. The number of nitrogens with zero attached hydrogens (tertiary/aromatic N) is 2. The van der Waals surface area contributed by atoms with Gasteiger partial charge in [-0.05, 0) is 38.5 Å². The second kappa shape index (κ2) is 4.72. The van der Waals surface area contributed by atoms with Crippen molar-refractivity contribution in [3.8, 4) is 0 Å². The Kier molecular flexibility index (Phi) is 3.15. The van der Waals surface area contributed by atoms with Crippen molar-refractivity contribution < 1.29 is 14.4 Å². The number of carbonyl (C=O) groups is 3. The molecule has 20 heavy (non-hydrogen) atoms. The van der Waals surface area contributed by atoms with Gasteiger partial charge in [0.1, 0.15) is 0 Å². The second-order valence-corrected chi connectivity index (χ2v) is 6.15. The molecule has 3 rings (SSSR count). The molecule has 5 nitrogen and oxygen atoms in total. The van der Waals surface area contributed by atoms with Crippen molar-refractivity contribution in [2.75, 3.05) is 19.6 Å². The van der Waals surface area contributed by atoms with Crippen molar-refractivity contribution in [2.24, 2.45) is 11.8 Å². The van der Waals surface area contributed by atoms with Gasteiger partial charge in [0.25, 0.3) is 11.8 Å². The van der Waals surface area contributed by atoms with E-state index in [0.717, 1.165) is 25.4 Å². The molecule has 3 aliphatic rings. The van der Waals surface area contributed by atoms with Gasteiger partial charge in [-0.2, -0.15) is 0 Å². The number of fused-ring (bicyclic) bond motifs is 1. The quantitative estimate of drug-likeness (QED) is 0.721. The lowest BCUT2D eigenvalue weighted by Crippen LogP contribution is -2.40. The fourth-order valence-corrected chi connectivity index (χ4v) is 3.20. The van der Waals surface area contributed by atoms with Crippen LogP contribution in [0.1, 0.15) is 33.1 Å². The number of likely N-dealkylation sites (tertiary alicyclic amines) is 1. The highest BCUT2D eigenvalue weighted by atomic mass is 16.2. The summed E-state index contributed by atoms with van der Waals surface area (Å²) in [6, 6.07) is 0. The molecule has 5 heteroatoms. The first-order chi connectivity index (χ1) is 9.49. The molecule has 3 amide bonds. The topological polar surface area (TPSA) is 57.7 Å². The Bertz CT molecular complexity index is 499. The third-order valence-electron chi connectivity index (χ3n) is 4.89. The van der Waals surface area contributed by atoms with Crippen LogP contribution in [0.2, 0.25) is 0 Å². The van der Waals surface area contributed by atoms with E-state index < -0.39 is 0 Å². The third kappa shape index (κ3) is 2.15. The number of carbonyl (C=O) groups excluding carboxylic acids is 3. The maximum atomic E-state index is 12.2. The van der Waals surface area contributed by atoms with Crippen LogP contribution in [-0.2, 0) is 14.4 Å². The van der Waals surface area contributed by atoms with Gasteiger partial charge in [-0.25, -0.2) is 0 Å². The van der Waals surface area contributed by atoms with Gasteiger partial charge in [-0.1, -0.05) is 0 Å². The average molecular weight is 276 g/mol. The number of hydrogen-bond donors (Lipinski definition) is 0. The zero-order valence-corrected chi connectivity index (χ0v) is 12.0. The Morgan fingerprint density at radius 3 is 2.40 bits per heavy atom. The van der Waals surface area contributed by atoms with Crippen molar-refractivity contribution in [3.63, 3.8) is 0 Å². The standard InChI is InChI=1S/C15H20N2O3/c1-9-10(2)15(20)17(14(9)19)6-4-13(18)16-5-3-11-7-12(11)8-16/h11-12H,3-8H2,1-2H3. The normalized spacial score (nSPS) is 29.1. The summed E-state index contributed by atoms with van der Waals surface area (Å²) in [7, 11) is 0. The van der Waals surface area contributed by atoms with Crippen LogP contribution in [0.4, 0.5) is 0 Å². The van der Waals surface area contributed by atoms with Gasteiger partial charge < -0.3 is 4.90 Å². The molecule has 0 spiro atoms. The van der Waals surface area contributed by atoms with Crippen LogP contribution in [0, 0.1) is 11.8 Å². The fraction of sp³-hybridized carbons (Fsp3) is 0.667. The molecule has 2 aliphatic heterocycles. The minimum atomic E-state index is -0.249. The van der Waals surface area contributed by atoms with Crippen molar-refractivity contribution in [1.29, 1.82) is 0 Å². The average Bonchev–Trinajstić information content (AvgIpc) is 3.19. The Morgan fingerprint density at radius 2 is 1.80 bits per heavy atom. The first-order valence-electron chi connectivity index (χ1n) is 7.30. The number of imide groups is 1. The molecule has 0 radical (unpaired) electrons. The zero-order chi connectivity index (χ0) is 14.4. The summed E-state index contributed by atoms with van der Waals surface area (Å²) in [6.45, 7) is 5.22. The monoisotopic (exact) mass is 276 g/mol. The molecule has 0 aromatic heterocycles. The molecule has 2 heterocycles. The van der Waals surface area contributed by atoms with Gasteiger partial charge in [0.05, 0.1) is 0 Å². The molecule has 2 fully saturated rings. The second-order valence-electron chi connectivity index (χ2n) is 6.15. The van der Waals surface area contributed by atoms with Crippen molar-refractivity contribution >= 4 is 17.7 Å². The Hall–Kier alpha value is -1.65. The number of hydrogen-bond acceptors (Lipinski definition) is 3. The van der Waals surface area contributed by atoms with Crippen molar-refractivity contribution in [1.82, 2.24) is 9.80 Å². The maximum absolute atomic E-state index is 12.2. The summed E-state index contributed by atoms with van der Waals surface area (Å²) >= 11 is 0. The van der Waals surface area contributed by atoms with Crippen LogP contribution in [0.25, 0.3) is 0 Å². The minimum Gasteiger partial charge on any atom is -0.342 e. The largest absolute Gasteiger partial charge is 0.342 e. The highest BCUT2D eigenvalue weighted by Crippen LogP contribution is 2.44. The van der Waals surface area contributed by atoms with Crippen LogP contribution in [0.15, 0.2) is 11.1 Å². The zero-order valence-electron chi connectivity index (χ0n) is 12.0. The molecular formula is C15H20N2O3. The maximum Gasteiger partial charge on any atom is 0.256 e. The summed E-state index contributed by atoms with van der Waals surface area (Å²) < 4.78 is 0. The molecule has 1 saturated heterocycles. The van der Waals surface area contributed by atoms with Gasteiger partial charge in [0, 0.05) is 37.2 Å². The molecule has 1 saturated carbocycles. The minimum absolute atomic E-state index is 0.0677. The lowest BCUT2D eigenvalue weighted by Gasteiger charge is -2.27. The smallest absolute Gasteiger partial charge is 0.256 e. The summed E-state index contributed by atoms with van der Waals surface area (Å²) in [5, 5.41) is 0. The summed E-state index contributed by atoms with van der Waals surface area (Å²) in [5.41, 5.74) is 1.00. The Morgan fingerprint density at radius 1 is 1.15 bits per heavy atom. The van der Waals surface area contributed by atoms with E-state index in [2.05, 4.69) is 0 Å². The van der Waals surface area contributed by atoms with E-state index in [0.29, 0.717) is 17.1 Å². The molecule has 2 atom stereocenters. The summed E-state index contributed by atoms with van der Waals surface area (Å²) in [6.07, 6.45) is 2.61. The number of piperidine rings is 1. The molecular weight excluding hydrogens is 256 g/mol. The number of rotatable bonds is 3. The van der Waals surface area contributed by atoms with E-state index in [-0.39, 0.29) is 30.7 Å². The first kappa shape index (κ1) is 13.3. The van der Waals surface area contributed by atoms with E-state index in [1.165, 1.54) is 11.3 Å². The Labute approximate surface area is 118 Å². The van der Waals surface area contributed by atoms with E-state index >= 15 is 0 Å². The molecule has 108 valence electrons. The van der Waals surface area contributed by atoms with Crippen molar-refractivity contribution in [2.45, 2.75) is 33.1 Å². The molecule has 0 aromatic carbocycles. The fourth-order valence-electron chi connectivity index (χ4n) is 3.20. The van der Waals surface area contributed by atoms with Crippen LogP contribution >= 0.6 is 0 Å². The predicted octanol–water partition coefficient (Wildman–Crippen LogP) is 0.950. The number of amides is 3. The van der Waals surface area contributed by atoms with E-state index in [1.54, 1.807) is 13.8 Å².